The van der Waals surface area contributed by atoms with Gasteiger partial charge in [0, 0.05) is 25.1 Å². The average molecular weight is 323 g/mol. The molecule has 0 spiro atoms. The second-order valence-corrected chi connectivity index (χ2v) is 6.46. The predicted molar refractivity (Wildman–Crippen MR) is 84.2 cm³/mol. The third kappa shape index (κ3) is 3.83. The fraction of sp³-hybridized carbons (Fsp3) is 0.688. The highest BCUT2D eigenvalue weighted by Crippen LogP contribution is 2.24. The Hall–Kier alpha value is -2.05. The summed E-state index contributed by atoms with van der Waals surface area (Å²) in [4.78, 5) is 26.1. The third-order valence-electron chi connectivity index (χ3n) is 3.52. The van der Waals surface area contributed by atoms with Crippen molar-refractivity contribution in [3.05, 3.63) is 17.0 Å². The molecule has 1 aromatic heterocycles. The van der Waals surface area contributed by atoms with Gasteiger partial charge in [0.15, 0.2) is 5.69 Å². The Morgan fingerprint density at radius 3 is 2.52 bits per heavy atom. The van der Waals surface area contributed by atoms with Gasteiger partial charge in [0.25, 0.3) is 0 Å². The van der Waals surface area contributed by atoms with Crippen molar-refractivity contribution in [1.29, 1.82) is 0 Å². The van der Waals surface area contributed by atoms with Crippen molar-refractivity contribution < 1.29 is 19.1 Å². The molecule has 2 rings (SSSR count). The number of nitrogens with zero attached hydrogens (tertiary/aromatic N) is 3. The van der Waals surface area contributed by atoms with Crippen LogP contribution in [-0.2, 0) is 29.0 Å². The molecule has 1 aliphatic heterocycles. The molecule has 1 aliphatic rings. The van der Waals surface area contributed by atoms with E-state index in [1.165, 1.54) is 0 Å². The SMILES string of the molecule is CCOC(=O)c1c2c(nn1CC)CCN(C(=O)OC(C)(C)C)C2. The summed E-state index contributed by atoms with van der Waals surface area (Å²) in [5.41, 5.74) is 1.52. The van der Waals surface area contributed by atoms with Gasteiger partial charge < -0.3 is 14.4 Å². The molecule has 0 atom stereocenters. The minimum atomic E-state index is -0.547. The summed E-state index contributed by atoms with van der Waals surface area (Å²) in [5, 5.41) is 4.48. The lowest BCUT2D eigenvalue weighted by atomic mass is 10.1. The van der Waals surface area contributed by atoms with Crippen LogP contribution >= 0.6 is 0 Å². The van der Waals surface area contributed by atoms with Gasteiger partial charge in [-0.2, -0.15) is 5.10 Å². The normalized spacial score (nSPS) is 14.4. The summed E-state index contributed by atoms with van der Waals surface area (Å²) in [5.74, 6) is -0.394. The first-order chi connectivity index (χ1) is 10.8. The van der Waals surface area contributed by atoms with Crippen molar-refractivity contribution in [2.75, 3.05) is 13.2 Å². The highest BCUT2D eigenvalue weighted by atomic mass is 16.6. The number of hydrogen-bond acceptors (Lipinski definition) is 5. The first kappa shape index (κ1) is 17.3. The maximum absolute atomic E-state index is 12.3. The van der Waals surface area contributed by atoms with Crippen molar-refractivity contribution in [2.24, 2.45) is 0 Å². The van der Waals surface area contributed by atoms with Crippen LogP contribution in [0.3, 0.4) is 0 Å². The number of fused-ring (bicyclic) bond motifs is 1. The van der Waals surface area contributed by atoms with E-state index in [0.717, 1.165) is 11.3 Å². The molecule has 0 saturated heterocycles. The summed E-state index contributed by atoms with van der Waals surface area (Å²) in [6.07, 6.45) is 0.232. The average Bonchev–Trinajstić information content (AvgIpc) is 2.83. The van der Waals surface area contributed by atoms with E-state index in [2.05, 4.69) is 5.10 Å². The van der Waals surface area contributed by atoms with E-state index in [1.807, 2.05) is 27.7 Å². The van der Waals surface area contributed by atoms with Crippen LogP contribution in [0, 0.1) is 0 Å². The van der Waals surface area contributed by atoms with Crippen molar-refractivity contribution in [2.45, 2.75) is 59.7 Å². The van der Waals surface area contributed by atoms with Gasteiger partial charge in [-0.25, -0.2) is 9.59 Å². The fourth-order valence-electron chi connectivity index (χ4n) is 2.57. The van der Waals surface area contributed by atoms with Crippen LogP contribution in [-0.4, -0.2) is 45.5 Å². The summed E-state index contributed by atoms with van der Waals surface area (Å²) in [6, 6.07) is 0. The number of esters is 1. The zero-order valence-corrected chi connectivity index (χ0v) is 14.5. The number of hydrogen-bond donors (Lipinski definition) is 0. The molecule has 0 N–H and O–H groups in total. The second-order valence-electron chi connectivity index (χ2n) is 6.46. The minimum Gasteiger partial charge on any atom is -0.461 e. The van der Waals surface area contributed by atoms with Crippen molar-refractivity contribution in [3.63, 3.8) is 0 Å². The number of aryl methyl sites for hydroxylation is 1. The molecule has 0 saturated carbocycles. The van der Waals surface area contributed by atoms with Crippen LogP contribution in [0.1, 0.15) is 56.4 Å². The molecule has 0 fully saturated rings. The molecule has 7 heteroatoms. The lowest BCUT2D eigenvalue weighted by molar-refractivity contribution is 0.0220. The standard InChI is InChI=1S/C16H25N3O4/c1-6-19-13(14(20)22-7-2)11-10-18(9-8-12(11)17-19)15(21)23-16(3,4)5/h6-10H2,1-5H3. The van der Waals surface area contributed by atoms with Crippen LogP contribution in [0.15, 0.2) is 0 Å². The Labute approximate surface area is 136 Å². The molecule has 0 radical (unpaired) electrons. The summed E-state index contributed by atoms with van der Waals surface area (Å²) >= 11 is 0. The molecule has 1 amide bonds. The highest BCUT2D eigenvalue weighted by molar-refractivity contribution is 5.90. The quantitative estimate of drug-likeness (QED) is 0.798. The Balaban J connectivity index is 2.26. The van der Waals surface area contributed by atoms with Crippen LogP contribution < -0.4 is 0 Å². The topological polar surface area (TPSA) is 73.7 Å². The van der Waals surface area contributed by atoms with Crippen molar-refractivity contribution >= 4 is 12.1 Å². The lowest BCUT2D eigenvalue weighted by Gasteiger charge is -2.29. The van der Waals surface area contributed by atoms with E-state index in [0.29, 0.717) is 38.4 Å². The van der Waals surface area contributed by atoms with Gasteiger partial charge >= 0.3 is 12.1 Å². The molecular formula is C16H25N3O4. The van der Waals surface area contributed by atoms with E-state index < -0.39 is 11.6 Å². The van der Waals surface area contributed by atoms with Crippen LogP contribution in [0.2, 0.25) is 0 Å². The van der Waals surface area contributed by atoms with Gasteiger partial charge in [-0.05, 0) is 34.6 Å². The zero-order valence-electron chi connectivity index (χ0n) is 14.5. The number of carbonyl (C=O) groups is 2. The maximum Gasteiger partial charge on any atom is 0.410 e. The van der Waals surface area contributed by atoms with E-state index in [9.17, 15) is 9.59 Å². The summed E-state index contributed by atoms with van der Waals surface area (Å²) in [6.45, 7) is 10.9. The molecular weight excluding hydrogens is 298 g/mol. The van der Waals surface area contributed by atoms with Crippen LogP contribution in [0.25, 0.3) is 0 Å². The van der Waals surface area contributed by atoms with Gasteiger partial charge in [-0.3, -0.25) is 4.68 Å². The van der Waals surface area contributed by atoms with E-state index >= 15 is 0 Å². The zero-order chi connectivity index (χ0) is 17.2. The van der Waals surface area contributed by atoms with Gasteiger partial charge in [-0.1, -0.05) is 0 Å². The predicted octanol–water partition coefficient (Wildman–Crippen LogP) is 2.37. The van der Waals surface area contributed by atoms with E-state index in [1.54, 1.807) is 16.5 Å². The fourth-order valence-corrected chi connectivity index (χ4v) is 2.57. The molecule has 1 aromatic rings. The first-order valence-corrected chi connectivity index (χ1v) is 8.00. The van der Waals surface area contributed by atoms with E-state index in [-0.39, 0.29) is 6.09 Å². The molecule has 0 unspecified atom stereocenters. The van der Waals surface area contributed by atoms with Crippen molar-refractivity contribution in [1.82, 2.24) is 14.7 Å². The number of carbonyl (C=O) groups excluding carboxylic acids is 2. The molecule has 23 heavy (non-hydrogen) atoms. The number of aromatic nitrogens is 2. The molecule has 2 heterocycles. The molecule has 7 nitrogen and oxygen atoms in total. The molecule has 0 aliphatic carbocycles. The largest absolute Gasteiger partial charge is 0.461 e. The third-order valence-corrected chi connectivity index (χ3v) is 3.52. The summed E-state index contributed by atoms with van der Waals surface area (Å²) in [7, 11) is 0. The van der Waals surface area contributed by atoms with Gasteiger partial charge in [-0.15, -0.1) is 0 Å². The lowest BCUT2D eigenvalue weighted by Crippen LogP contribution is -2.40. The Morgan fingerprint density at radius 2 is 1.96 bits per heavy atom. The Kier molecular flexibility index (Phi) is 4.97. The highest BCUT2D eigenvalue weighted by Gasteiger charge is 2.32. The summed E-state index contributed by atoms with van der Waals surface area (Å²) < 4.78 is 12.2. The Bertz CT molecular complexity index is 601. The second kappa shape index (κ2) is 6.60. The minimum absolute atomic E-state index is 0.304. The number of rotatable bonds is 3. The van der Waals surface area contributed by atoms with Crippen molar-refractivity contribution in [3.8, 4) is 0 Å². The molecule has 0 bridgehead atoms. The van der Waals surface area contributed by atoms with Gasteiger partial charge in [0.2, 0.25) is 0 Å². The van der Waals surface area contributed by atoms with Gasteiger partial charge in [0.05, 0.1) is 18.8 Å². The van der Waals surface area contributed by atoms with Gasteiger partial charge in [0.1, 0.15) is 5.60 Å². The molecule has 0 aromatic carbocycles. The van der Waals surface area contributed by atoms with Crippen LogP contribution in [0.4, 0.5) is 4.79 Å². The number of ether oxygens (including phenoxy) is 2. The maximum atomic E-state index is 12.3. The Morgan fingerprint density at radius 1 is 1.26 bits per heavy atom. The first-order valence-electron chi connectivity index (χ1n) is 8.00. The molecule has 128 valence electrons. The number of amides is 1. The smallest absolute Gasteiger partial charge is 0.410 e. The van der Waals surface area contributed by atoms with E-state index in [4.69, 9.17) is 9.47 Å². The monoisotopic (exact) mass is 323 g/mol. The van der Waals surface area contributed by atoms with Crippen LogP contribution in [0.5, 0.6) is 0 Å².